The van der Waals surface area contributed by atoms with Crippen molar-refractivity contribution in [2.24, 2.45) is 4.99 Å². The summed E-state index contributed by atoms with van der Waals surface area (Å²) in [6.07, 6.45) is -0.307. The normalized spacial score (nSPS) is 17.4. The van der Waals surface area contributed by atoms with Gasteiger partial charge in [0.05, 0.1) is 12.6 Å². The Labute approximate surface area is 188 Å². The molecule has 3 rings (SSSR count). The maximum Gasteiger partial charge on any atom is 0.410 e. The number of carbonyl (C=O) groups is 3. The molecule has 0 saturated carbocycles. The van der Waals surface area contributed by atoms with Crippen molar-refractivity contribution in [3.05, 3.63) is 35.4 Å². The molecule has 174 valence electrons. The van der Waals surface area contributed by atoms with Gasteiger partial charge in [0.25, 0.3) is 5.91 Å². The zero-order chi connectivity index (χ0) is 23.3. The van der Waals surface area contributed by atoms with Gasteiger partial charge in [-0.25, -0.2) is 4.79 Å². The molecule has 0 unspecified atom stereocenters. The van der Waals surface area contributed by atoms with Crippen LogP contribution in [0.5, 0.6) is 0 Å². The molecular formula is C22H32N6O4. The summed E-state index contributed by atoms with van der Waals surface area (Å²) in [5.41, 5.74) is 1.04. The summed E-state index contributed by atoms with van der Waals surface area (Å²) in [6, 6.07) is 7.41. The average molecular weight is 445 g/mol. The van der Waals surface area contributed by atoms with Crippen LogP contribution in [0.25, 0.3) is 0 Å². The number of hydrogen-bond donors (Lipinski definition) is 3. The molecule has 1 aromatic rings. The fourth-order valence-electron chi connectivity index (χ4n) is 3.38. The van der Waals surface area contributed by atoms with Crippen LogP contribution < -0.4 is 16.0 Å². The van der Waals surface area contributed by atoms with Crippen molar-refractivity contribution < 1.29 is 19.1 Å². The van der Waals surface area contributed by atoms with Crippen LogP contribution >= 0.6 is 0 Å². The average Bonchev–Trinajstić information content (AvgIpc) is 2.71. The fraction of sp³-hybridized carbons (Fsp3) is 0.545. The van der Waals surface area contributed by atoms with Crippen molar-refractivity contribution in [3.8, 4) is 0 Å². The Morgan fingerprint density at radius 1 is 1.19 bits per heavy atom. The molecule has 2 saturated heterocycles. The summed E-state index contributed by atoms with van der Waals surface area (Å²) < 4.78 is 5.36. The summed E-state index contributed by atoms with van der Waals surface area (Å²) in [6.45, 7) is 8.28. The molecule has 2 aliphatic heterocycles. The van der Waals surface area contributed by atoms with E-state index >= 15 is 0 Å². The summed E-state index contributed by atoms with van der Waals surface area (Å²) in [7, 11) is 1.69. The van der Waals surface area contributed by atoms with Gasteiger partial charge in [0.15, 0.2) is 5.96 Å². The van der Waals surface area contributed by atoms with Crippen LogP contribution in [0.15, 0.2) is 29.3 Å². The topological polar surface area (TPSA) is 115 Å². The maximum atomic E-state index is 12.5. The number of nitrogens with one attached hydrogen (secondary N) is 3. The molecule has 2 aliphatic rings. The van der Waals surface area contributed by atoms with Crippen LogP contribution in [-0.4, -0.2) is 85.1 Å². The fourth-order valence-corrected chi connectivity index (χ4v) is 3.38. The van der Waals surface area contributed by atoms with Crippen molar-refractivity contribution in [1.29, 1.82) is 0 Å². The predicted octanol–water partition coefficient (Wildman–Crippen LogP) is 0.543. The lowest BCUT2D eigenvalue weighted by molar-refractivity contribution is -0.123. The molecular weight excluding hydrogens is 412 g/mol. The number of carbonyl (C=O) groups excluding carboxylic acids is 3. The second kappa shape index (κ2) is 9.88. The molecule has 10 nitrogen and oxygen atoms in total. The molecule has 3 amide bonds. The minimum atomic E-state index is -0.504. The number of amides is 3. The van der Waals surface area contributed by atoms with Crippen LogP contribution in [-0.2, 0) is 16.1 Å². The van der Waals surface area contributed by atoms with Gasteiger partial charge in [-0.2, -0.15) is 0 Å². The van der Waals surface area contributed by atoms with E-state index in [1.165, 1.54) is 0 Å². The van der Waals surface area contributed by atoms with Gasteiger partial charge < -0.3 is 30.5 Å². The van der Waals surface area contributed by atoms with Crippen molar-refractivity contribution in [1.82, 2.24) is 25.8 Å². The van der Waals surface area contributed by atoms with E-state index in [-0.39, 0.29) is 30.5 Å². The first kappa shape index (κ1) is 23.4. The monoisotopic (exact) mass is 444 g/mol. The molecule has 0 bridgehead atoms. The standard InChI is InChI=1S/C22H32N6O4/c1-22(2,3)32-21(31)28-12-17(13-28)26-20(23-4)25-11-15-5-7-16(8-6-15)19(30)27-10-9-24-18(29)14-27/h5-8,17H,9-14H2,1-4H3,(H,24,29)(H2,23,25,26). The zero-order valence-corrected chi connectivity index (χ0v) is 19.1. The van der Waals surface area contributed by atoms with Crippen LogP contribution in [0.3, 0.4) is 0 Å². The van der Waals surface area contributed by atoms with Gasteiger partial charge in [0.1, 0.15) is 5.60 Å². The Kier molecular flexibility index (Phi) is 7.22. The number of ether oxygens (including phenoxy) is 1. The molecule has 10 heteroatoms. The Morgan fingerprint density at radius 2 is 1.88 bits per heavy atom. The molecule has 0 radical (unpaired) electrons. The number of guanidine groups is 1. The van der Waals surface area contributed by atoms with E-state index in [9.17, 15) is 14.4 Å². The SMILES string of the molecule is CN=C(NCc1ccc(C(=O)N2CCNC(=O)C2)cc1)NC1CN(C(=O)OC(C)(C)C)C1. The highest BCUT2D eigenvalue weighted by atomic mass is 16.6. The summed E-state index contributed by atoms with van der Waals surface area (Å²) in [5, 5.41) is 9.24. The van der Waals surface area contributed by atoms with Gasteiger partial charge in [0.2, 0.25) is 5.91 Å². The number of rotatable bonds is 4. The third-order valence-corrected chi connectivity index (χ3v) is 5.08. The predicted molar refractivity (Wildman–Crippen MR) is 120 cm³/mol. The summed E-state index contributed by atoms with van der Waals surface area (Å²) >= 11 is 0. The van der Waals surface area contributed by atoms with Crippen molar-refractivity contribution in [2.45, 2.75) is 39.0 Å². The number of hydrogen-bond acceptors (Lipinski definition) is 5. The quantitative estimate of drug-likeness (QED) is 0.461. The van der Waals surface area contributed by atoms with Crippen LogP contribution in [0.4, 0.5) is 4.79 Å². The van der Waals surface area contributed by atoms with E-state index < -0.39 is 5.60 Å². The van der Waals surface area contributed by atoms with Gasteiger partial charge in [-0.1, -0.05) is 12.1 Å². The van der Waals surface area contributed by atoms with Crippen LogP contribution in [0, 0.1) is 0 Å². The number of nitrogens with zero attached hydrogens (tertiary/aromatic N) is 3. The van der Waals surface area contributed by atoms with Gasteiger partial charge in [0, 0.05) is 45.3 Å². The van der Waals surface area contributed by atoms with Crippen molar-refractivity contribution in [3.63, 3.8) is 0 Å². The molecule has 0 aromatic heterocycles. The second-order valence-electron chi connectivity index (χ2n) is 8.93. The Bertz CT molecular complexity index is 871. The summed E-state index contributed by atoms with van der Waals surface area (Å²) in [5.74, 6) is 0.361. The molecule has 0 atom stereocenters. The van der Waals surface area contributed by atoms with E-state index in [1.807, 2.05) is 32.9 Å². The maximum absolute atomic E-state index is 12.5. The van der Waals surface area contributed by atoms with E-state index in [0.717, 1.165) is 5.56 Å². The van der Waals surface area contributed by atoms with E-state index in [2.05, 4.69) is 20.9 Å². The van der Waals surface area contributed by atoms with Gasteiger partial charge in [-0.3, -0.25) is 14.6 Å². The number of piperazine rings is 1. The smallest absolute Gasteiger partial charge is 0.410 e. The third-order valence-electron chi connectivity index (χ3n) is 5.08. The lowest BCUT2D eigenvalue weighted by Crippen LogP contribution is -2.63. The van der Waals surface area contributed by atoms with Gasteiger partial charge >= 0.3 is 6.09 Å². The zero-order valence-electron chi connectivity index (χ0n) is 19.1. The molecule has 2 heterocycles. The molecule has 0 spiro atoms. The molecule has 32 heavy (non-hydrogen) atoms. The van der Waals surface area contributed by atoms with E-state index in [4.69, 9.17) is 4.74 Å². The highest BCUT2D eigenvalue weighted by molar-refractivity contribution is 5.97. The largest absolute Gasteiger partial charge is 0.444 e. The lowest BCUT2D eigenvalue weighted by Gasteiger charge is -2.40. The van der Waals surface area contributed by atoms with Gasteiger partial charge in [-0.05, 0) is 38.5 Å². The van der Waals surface area contributed by atoms with E-state index in [1.54, 1.807) is 29.0 Å². The van der Waals surface area contributed by atoms with E-state index in [0.29, 0.717) is 44.2 Å². The lowest BCUT2D eigenvalue weighted by atomic mass is 10.1. The number of benzene rings is 1. The van der Waals surface area contributed by atoms with Crippen molar-refractivity contribution in [2.75, 3.05) is 39.8 Å². The Balaban J connectivity index is 1.43. The Hall–Kier alpha value is -3.30. The first-order chi connectivity index (χ1) is 15.1. The third kappa shape index (κ3) is 6.35. The highest BCUT2D eigenvalue weighted by Gasteiger charge is 2.34. The highest BCUT2D eigenvalue weighted by Crippen LogP contribution is 2.15. The molecule has 3 N–H and O–H groups in total. The second-order valence-corrected chi connectivity index (χ2v) is 8.93. The van der Waals surface area contributed by atoms with Gasteiger partial charge in [-0.15, -0.1) is 0 Å². The minimum Gasteiger partial charge on any atom is -0.444 e. The first-order valence-corrected chi connectivity index (χ1v) is 10.7. The Morgan fingerprint density at radius 3 is 2.47 bits per heavy atom. The number of likely N-dealkylation sites (tertiary alicyclic amines) is 1. The number of aliphatic imine (C=N–C) groups is 1. The first-order valence-electron chi connectivity index (χ1n) is 10.7. The van der Waals surface area contributed by atoms with Crippen molar-refractivity contribution >= 4 is 23.9 Å². The molecule has 0 aliphatic carbocycles. The van der Waals surface area contributed by atoms with Crippen LogP contribution in [0.2, 0.25) is 0 Å². The molecule has 1 aromatic carbocycles. The van der Waals surface area contributed by atoms with Crippen LogP contribution in [0.1, 0.15) is 36.7 Å². The summed E-state index contributed by atoms with van der Waals surface area (Å²) in [4.78, 5) is 43.5. The minimum absolute atomic E-state index is 0.0939. The molecule has 2 fully saturated rings.